The Labute approximate surface area is 157 Å². The van der Waals surface area contributed by atoms with Gasteiger partial charge in [-0.15, -0.1) is 0 Å². The van der Waals surface area contributed by atoms with Gasteiger partial charge in [0.15, 0.2) is 0 Å². The second-order valence-corrected chi connectivity index (χ2v) is 7.85. The van der Waals surface area contributed by atoms with Crippen molar-refractivity contribution in [3.8, 4) is 17.0 Å². The smallest absolute Gasteiger partial charge is 0.238 e. The number of halogens is 1. The summed E-state index contributed by atoms with van der Waals surface area (Å²) in [6.07, 6.45) is 0. The highest BCUT2D eigenvalue weighted by molar-refractivity contribution is 7.91. The van der Waals surface area contributed by atoms with Crippen molar-refractivity contribution in [1.82, 2.24) is 9.78 Å². The Morgan fingerprint density at radius 3 is 2.44 bits per heavy atom. The maximum Gasteiger partial charge on any atom is 0.238 e. The molecule has 0 aliphatic carbocycles. The van der Waals surface area contributed by atoms with Gasteiger partial charge in [0.2, 0.25) is 10.0 Å². The van der Waals surface area contributed by atoms with Crippen LogP contribution >= 0.6 is 0 Å². The Bertz CT molecular complexity index is 1060. The first kappa shape index (κ1) is 18.9. The first-order chi connectivity index (χ1) is 12.8. The third-order valence-electron chi connectivity index (χ3n) is 4.20. The Morgan fingerprint density at radius 2 is 1.81 bits per heavy atom. The summed E-state index contributed by atoms with van der Waals surface area (Å²) < 4.78 is 48.0. The van der Waals surface area contributed by atoms with E-state index < -0.39 is 21.6 Å². The maximum atomic E-state index is 13.8. The lowest BCUT2D eigenvalue weighted by atomic mass is 10.1. The minimum Gasteiger partial charge on any atom is -0.497 e. The zero-order chi connectivity index (χ0) is 19.6. The molecule has 1 N–H and O–H groups in total. The van der Waals surface area contributed by atoms with E-state index in [9.17, 15) is 12.8 Å². The van der Waals surface area contributed by atoms with Gasteiger partial charge in [0.25, 0.3) is 0 Å². The van der Waals surface area contributed by atoms with E-state index in [0.717, 1.165) is 11.3 Å². The Kier molecular flexibility index (Phi) is 5.18. The number of hydrogen-bond donors (Lipinski definition) is 1. The van der Waals surface area contributed by atoms with Crippen LogP contribution in [0.15, 0.2) is 48.5 Å². The first-order valence-corrected chi connectivity index (χ1v) is 9.88. The van der Waals surface area contributed by atoms with Gasteiger partial charge in [-0.2, -0.15) is 5.10 Å². The number of nitrogens with one attached hydrogen (secondary N) is 1. The van der Waals surface area contributed by atoms with E-state index in [4.69, 9.17) is 4.74 Å². The van der Waals surface area contributed by atoms with Gasteiger partial charge in [-0.05, 0) is 37.3 Å². The molecule has 0 atom stereocenters. The van der Waals surface area contributed by atoms with Crippen LogP contribution in [0.2, 0.25) is 0 Å². The molecule has 3 aromatic rings. The van der Waals surface area contributed by atoms with E-state index in [1.165, 1.54) is 22.9 Å². The molecular formula is C19H20FN3O3S. The summed E-state index contributed by atoms with van der Waals surface area (Å²) in [6, 6.07) is 13.1. The number of aromatic nitrogens is 2. The molecule has 1 heterocycles. The average molecular weight is 389 g/mol. The number of aryl methyl sites for hydroxylation is 1. The summed E-state index contributed by atoms with van der Waals surface area (Å²) in [4.78, 5) is 0. The molecule has 8 heteroatoms. The van der Waals surface area contributed by atoms with E-state index in [-0.39, 0.29) is 5.56 Å². The second kappa shape index (κ2) is 7.40. The molecule has 0 fully saturated rings. The Hall–Kier alpha value is -2.87. The number of benzene rings is 2. The molecule has 1 aromatic heterocycles. The normalized spacial score (nSPS) is 11.4. The molecule has 0 saturated carbocycles. The van der Waals surface area contributed by atoms with Gasteiger partial charge in [0, 0.05) is 23.7 Å². The Morgan fingerprint density at radius 1 is 1.15 bits per heavy atom. The SMILES string of the molecule is COc1ccc(-c2nn(C)c(NS(=O)(=O)Cc3ccccc3F)c2C)cc1. The van der Waals surface area contributed by atoms with Gasteiger partial charge in [-0.1, -0.05) is 18.2 Å². The predicted octanol–water partition coefficient (Wildman–Crippen LogP) is 3.49. The van der Waals surface area contributed by atoms with Crippen molar-refractivity contribution in [3.05, 3.63) is 65.5 Å². The fraction of sp³-hybridized carbons (Fsp3) is 0.211. The van der Waals surface area contributed by atoms with E-state index in [1.54, 1.807) is 27.1 Å². The van der Waals surface area contributed by atoms with Gasteiger partial charge in [-0.25, -0.2) is 12.8 Å². The van der Waals surface area contributed by atoms with E-state index in [1.807, 2.05) is 24.3 Å². The fourth-order valence-electron chi connectivity index (χ4n) is 2.80. The number of methoxy groups -OCH3 is 1. The molecule has 0 bridgehead atoms. The van der Waals surface area contributed by atoms with Crippen LogP contribution in [0.25, 0.3) is 11.3 Å². The summed E-state index contributed by atoms with van der Waals surface area (Å²) in [6.45, 7) is 1.79. The monoisotopic (exact) mass is 389 g/mol. The third kappa shape index (κ3) is 4.11. The van der Waals surface area contributed by atoms with Crippen LogP contribution in [-0.2, 0) is 22.8 Å². The standard InChI is InChI=1S/C19H20FN3O3S/c1-13-18(14-8-10-16(26-3)11-9-14)21-23(2)19(13)22-27(24,25)12-15-6-4-5-7-17(15)20/h4-11,22H,12H2,1-3H3. The number of ether oxygens (including phenoxy) is 1. The molecule has 6 nitrogen and oxygen atoms in total. The third-order valence-corrected chi connectivity index (χ3v) is 5.40. The van der Waals surface area contributed by atoms with Crippen LogP contribution in [-0.4, -0.2) is 25.3 Å². The number of anilines is 1. The number of hydrogen-bond acceptors (Lipinski definition) is 4. The summed E-state index contributed by atoms with van der Waals surface area (Å²) in [7, 11) is -0.565. The van der Waals surface area contributed by atoms with Gasteiger partial charge in [0.1, 0.15) is 17.4 Å². The van der Waals surface area contributed by atoms with Crippen molar-refractivity contribution >= 4 is 15.8 Å². The summed E-state index contributed by atoms with van der Waals surface area (Å²) >= 11 is 0. The van der Waals surface area contributed by atoms with Crippen molar-refractivity contribution in [2.24, 2.45) is 7.05 Å². The topological polar surface area (TPSA) is 73.2 Å². The van der Waals surface area contributed by atoms with Crippen molar-refractivity contribution in [2.75, 3.05) is 11.8 Å². The largest absolute Gasteiger partial charge is 0.497 e. The van der Waals surface area contributed by atoms with Crippen LogP contribution in [0.3, 0.4) is 0 Å². The zero-order valence-corrected chi connectivity index (χ0v) is 16.0. The molecule has 0 saturated heterocycles. The van der Waals surface area contributed by atoms with Crippen molar-refractivity contribution in [1.29, 1.82) is 0 Å². The van der Waals surface area contributed by atoms with Crippen LogP contribution in [0.1, 0.15) is 11.1 Å². The highest BCUT2D eigenvalue weighted by atomic mass is 32.2. The van der Waals surface area contributed by atoms with E-state index in [0.29, 0.717) is 17.1 Å². The predicted molar refractivity (Wildman–Crippen MR) is 103 cm³/mol. The van der Waals surface area contributed by atoms with Crippen molar-refractivity contribution in [2.45, 2.75) is 12.7 Å². The van der Waals surface area contributed by atoms with Gasteiger partial charge in [-0.3, -0.25) is 9.40 Å². The number of rotatable bonds is 6. The first-order valence-electron chi connectivity index (χ1n) is 8.22. The van der Waals surface area contributed by atoms with Crippen LogP contribution in [0, 0.1) is 12.7 Å². The lowest BCUT2D eigenvalue weighted by Gasteiger charge is -2.10. The van der Waals surface area contributed by atoms with Crippen molar-refractivity contribution < 1.29 is 17.5 Å². The Balaban J connectivity index is 1.89. The second-order valence-electron chi connectivity index (χ2n) is 6.13. The summed E-state index contributed by atoms with van der Waals surface area (Å²) in [5.74, 6) is 0.0566. The zero-order valence-electron chi connectivity index (χ0n) is 15.2. The minimum atomic E-state index is -3.81. The molecule has 2 aromatic carbocycles. The summed E-state index contributed by atoms with van der Waals surface area (Å²) in [5.41, 5.74) is 2.28. The molecule has 0 amide bonds. The van der Waals surface area contributed by atoms with Crippen LogP contribution < -0.4 is 9.46 Å². The maximum absolute atomic E-state index is 13.8. The molecule has 142 valence electrons. The molecule has 27 heavy (non-hydrogen) atoms. The highest BCUT2D eigenvalue weighted by Crippen LogP contribution is 2.29. The lowest BCUT2D eigenvalue weighted by Crippen LogP contribution is -2.18. The molecule has 3 rings (SSSR count). The van der Waals surface area contributed by atoms with Gasteiger partial charge < -0.3 is 4.74 Å². The average Bonchev–Trinajstić information content (AvgIpc) is 2.91. The molecule has 0 aliphatic rings. The summed E-state index contributed by atoms with van der Waals surface area (Å²) in [5, 5.41) is 4.42. The fourth-order valence-corrected chi connectivity index (χ4v) is 4.09. The van der Waals surface area contributed by atoms with E-state index >= 15 is 0 Å². The number of nitrogens with zero attached hydrogens (tertiary/aromatic N) is 2. The molecule has 0 unspecified atom stereocenters. The van der Waals surface area contributed by atoms with Crippen LogP contribution in [0.5, 0.6) is 5.75 Å². The number of sulfonamides is 1. The minimum absolute atomic E-state index is 0.111. The van der Waals surface area contributed by atoms with Gasteiger partial charge >= 0.3 is 0 Å². The molecule has 0 radical (unpaired) electrons. The van der Waals surface area contributed by atoms with Crippen LogP contribution in [0.4, 0.5) is 10.2 Å². The lowest BCUT2D eigenvalue weighted by molar-refractivity contribution is 0.415. The van der Waals surface area contributed by atoms with E-state index in [2.05, 4.69) is 9.82 Å². The molecular weight excluding hydrogens is 369 g/mol. The van der Waals surface area contributed by atoms with Gasteiger partial charge in [0.05, 0.1) is 18.6 Å². The highest BCUT2D eigenvalue weighted by Gasteiger charge is 2.20. The molecule has 0 spiro atoms. The molecule has 0 aliphatic heterocycles. The van der Waals surface area contributed by atoms with Crippen molar-refractivity contribution in [3.63, 3.8) is 0 Å². The quantitative estimate of drug-likeness (QED) is 0.700.